The lowest BCUT2D eigenvalue weighted by Crippen LogP contribution is -2.31. The fourth-order valence-corrected chi connectivity index (χ4v) is 2.83. The molecule has 1 N–H and O–H groups in total. The lowest BCUT2D eigenvalue weighted by molar-refractivity contribution is -0.122. The van der Waals surface area contributed by atoms with Gasteiger partial charge in [-0.25, -0.2) is 0 Å². The third kappa shape index (κ3) is 3.99. The van der Waals surface area contributed by atoms with E-state index in [-0.39, 0.29) is 11.8 Å². The molecular formula is C20H22N2O3. The molecule has 2 amide bonds. The van der Waals surface area contributed by atoms with Crippen LogP contribution in [0.1, 0.15) is 25.3 Å². The second kappa shape index (κ2) is 7.38. The van der Waals surface area contributed by atoms with Crippen molar-refractivity contribution in [3.05, 3.63) is 54.1 Å². The fraction of sp³-hybridized carbons (Fsp3) is 0.300. The number of amides is 2. The quantitative estimate of drug-likeness (QED) is 0.907. The summed E-state index contributed by atoms with van der Waals surface area (Å²) < 4.78 is 5.70. The summed E-state index contributed by atoms with van der Waals surface area (Å²) in [5.41, 5.74) is 2.50. The standard InChI is InChI=1S/C20H22N2O3/c1-14-9-11-16(12-10-14)25-15(2)20(24)21-17-6-3-4-7-18(17)22-13-5-8-19(22)23/h3-4,6-7,9-12,15H,5,8,13H2,1-2H3,(H,21,24). The van der Waals surface area contributed by atoms with Gasteiger partial charge in [0.25, 0.3) is 5.91 Å². The van der Waals surface area contributed by atoms with Crippen molar-refractivity contribution < 1.29 is 14.3 Å². The average Bonchev–Trinajstić information content (AvgIpc) is 3.03. The van der Waals surface area contributed by atoms with Gasteiger partial charge < -0.3 is 15.0 Å². The number of nitrogens with one attached hydrogen (secondary N) is 1. The Balaban J connectivity index is 1.70. The van der Waals surface area contributed by atoms with Crippen molar-refractivity contribution in [1.82, 2.24) is 0 Å². The van der Waals surface area contributed by atoms with Crippen LogP contribution < -0.4 is 15.0 Å². The zero-order chi connectivity index (χ0) is 17.8. The van der Waals surface area contributed by atoms with Crippen molar-refractivity contribution in [3.8, 4) is 5.75 Å². The summed E-state index contributed by atoms with van der Waals surface area (Å²) in [5.74, 6) is 0.488. The number of carbonyl (C=O) groups is 2. The van der Waals surface area contributed by atoms with Gasteiger partial charge in [-0.3, -0.25) is 9.59 Å². The summed E-state index contributed by atoms with van der Waals surface area (Å²) in [5, 5.41) is 2.88. The highest BCUT2D eigenvalue weighted by Crippen LogP contribution is 2.29. The minimum absolute atomic E-state index is 0.0886. The number of anilines is 2. The van der Waals surface area contributed by atoms with E-state index in [2.05, 4.69) is 5.32 Å². The predicted octanol–water partition coefficient (Wildman–Crippen LogP) is 3.53. The molecule has 0 bridgehead atoms. The molecule has 130 valence electrons. The normalized spacial score (nSPS) is 15.1. The Kier molecular flexibility index (Phi) is 5.03. The van der Waals surface area contributed by atoms with Gasteiger partial charge in [-0.2, -0.15) is 0 Å². The Labute approximate surface area is 147 Å². The van der Waals surface area contributed by atoms with Gasteiger partial charge in [0.15, 0.2) is 6.10 Å². The zero-order valence-electron chi connectivity index (χ0n) is 14.5. The Hall–Kier alpha value is -2.82. The molecule has 1 fully saturated rings. The molecule has 1 aliphatic rings. The minimum Gasteiger partial charge on any atom is -0.481 e. The highest BCUT2D eigenvalue weighted by molar-refractivity contribution is 6.03. The number of hydrogen-bond acceptors (Lipinski definition) is 3. The van der Waals surface area contributed by atoms with E-state index in [1.165, 1.54) is 0 Å². The molecule has 1 unspecified atom stereocenters. The van der Waals surface area contributed by atoms with Gasteiger partial charge in [0, 0.05) is 13.0 Å². The number of nitrogens with zero attached hydrogens (tertiary/aromatic N) is 1. The molecule has 1 aliphatic heterocycles. The molecule has 0 radical (unpaired) electrons. The van der Waals surface area contributed by atoms with Crippen molar-refractivity contribution in [3.63, 3.8) is 0 Å². The molecule has 2 aromatic carbocycles. The van der Waals surface area contributed by atoms with Crippen LogP contribution in [0.25, 0.3) is 0 Å². The topological polar surface area (TPSA) is 58.6 Å². The highest BCUT2D eigenvalue weighted by atomic mass is 16.5. The first-order valence-corrected chi connectivity index (χ1v) is 8.48. The Morgan fingerprint density at radius 2 is 1.88 bits per heavy atom. The summed E-state index contributed by atoms with van der Waals surface area (Å²) in [6.07, 6.45) is 0.744. The molecule has 0 spiro atoms. The first kappa shape index (κ1) is 17.0. The molecule has 5 nitrogen and oxygen atoms in total. The van der Waals surface area contributed by atoms with Crippen LogP contribution >= 0.6 is 0 Å². The molecule has 1 heterocycles. The Morgan fingerprint density at radius 1 is 1.16 bits per heavy atom. The average molecular weight is 338 g/mol. The van der Waals surface area contributed by atoms with E-state index in [9.17, 15) is 9.59 Å². The van der Waals surface area contributed by atoms with Crippen molar-refractivity contribution in [1.29, 1.82) is 0 Å². The Morgan fingerprint density at radius 3 is 2.56 bits per heavy atom. The zero-order valence-corrected chi connectivity index (χ0v) is 14.5. The molecule has 0 aliphatic carbocycles. The van der Waals surface area contributed by atoms with Crippen molar-refractivity contribution in [2.75, 3.05) is 16.8 Å². The van der Waals surface area contributed by atoms with Gasteiger partial charge in [0.05, 0.1) is 11.4 Å². The number of rotatable bonds is 5. The SMILES string of the molecule is Cc1ccc(OC(C)C(=O)Nc2ccccc2N2CCCC2=O)cc1. The van der Waals surface area contributed by atoms with Crippen LogP contribution in [-0.2, 0) is 9.59 Å². The third-order valence-corrected chi connectivity index (χ3v) is 4.23. The summed E-state index contributed by atoms with van der Waals surface area (Å²) >= 11 is 0. The smallest absolute Gasteiger partial charge is 0.265 e. The second-order valence-electron chi connectivity index (χ2n) is 6.23. The fourth-order valence-electron chi connectivity index (χ4n) is 2.83. The number of carbonyl (C=O) groups excluding carboxylic acids is 2. The number of ether oxygens (including phenoxy) is 1. The van der Waals surface area contributed by atoms with Gasteiger partial charge in [0.2, 0.25) is 5.91 Å². The molecular weight excluding hydrogens is 316 g/mol. The number of para-hydroxylation sites is 2. The predicted molar refractivity (Wildman–Crippen MR) is 97.9 cm³/mol. The van der Waals surface area contributed by atoms with Gasteiger partial charge >= 0.3 is 0 Å². The third-order valence-electron chi connectivity index (χ3n) is 4.23. The van der Waals surface area contributed by atoms with Gasteiger partial charge in [-0.15, -0.1) is 0 Å². The summed E-state index contributed by atoms with van der Waals surface area (Å²) in [4.78, 5) is 26.2. The van der Waals surface area contributed by atoms with Gasteiger partial charge in [-0.1, -0.05) is 29.8 Å². The van der Waals surface area contributed by atoms with E-state index < -0.39 is 6.10 Å². The van der Waals surface area contributed by atoms with Crippen molar-refractivity contribution >= 4 is 23.2 Å². The number of aryl methyl sites for hydroxylation is 1. The van der Waals surface area contributed by atoms with E-state index in [0.29, 0.717) is 24.4 Å². The maximum Gasteiger partial charge on any atom is 0.265 e. The van der Waals surface area contributed by atoms with Crippen molar-refractivity contribution in [2.24, 2.45) is 0 Å². The van der Waals surface area contributed by atoms with Crippen LogP contribution in [0.2, 0.25) is 0 Å². The first-order chi connectivity index (χ1) is 12.0. The largest absolute Gasteiger partial charge is 0.481 e. The number of hydrogen-bond donors (Lipinski definition) is 1. The van der Waals surface area contributed by atoms with Gasteiger partial charge in [0.1, 0.15) is 5.75 Å². The van der Waals surface area contributed by atoms with Crippen LogP contribution in [-0.4, -0.2) is 24.5 Å². The molecule has 5 heteroatoms. The lowest BCUT2D eigenvalue weighted by atomic mass is 10.2. The molecule has 1 atom stereocenters. The van der Waals surface area contributed by atoms with E-state index >= 15 is 0 Å². The molecule has 3 rings (SSSR count). The van der Waals surface area contributed by atoms with Crippen LogP contribution in [0, 0.1) is 6.92 Å². The molecule has 1 saturated heterocycles. The van der Waals surface area contributed by atoms with E-state index in [1.807, 2.05) is 49.4 Å². The summed E-state index contributed by atoms with van der Waals surface area (Å²) in [7, 11) is 0. The molecule has 2 aromatic rings. The van der Waals surface area contributed by atoms with Crippen LogP contribution in [0.15, 0.2) is 48.5 Å². The number of benzene rings is 2. The van der Waals surface area contributed by atoms with E-state index in [1.54, 1.807) is 17.9 Å². The minimum atomic E-state index is -0.648. The van der Waals surface area contributed by atoms with Crippen molar-refractivity contribution in [2.45, 2.75) is 32.8 Å². The molecule has 0 aromatic heterocycles. The van der Waals surface area contributed by atoms with Crippen LogP contribution in [0.3, 0.4) is 0 Å². The van der Waals surface area contributed by atoms with Crippen LogP contribution in [0.4, 0.5) is 11.4 Å². The maximum atomic E-state index is 12.5. The second-order valence-corrected chi connectivity index (χ2v) is 6.23. The van der Waals surface area contributed by atoms with E-state index in [0.717, 1.165) is 17.7 Å². The first-order valence-electron chi connectivity index (χ1n) is 8.48. The molecule has 25 heavy (non-hydrogen) atoms. The highest BCUT2D eigenvalue weighted by Gasteiger charge is 2.25. The molecule has 0 saturated carbocycles. The lowest BCUT2D eigenvalue weighted by Gasteiger charge is -2.21. The summed E-state index contributed by atoms with van der Waals surface area (Å²) in [6, 6.07) is 14.9. The van der Waals surface area contributed by atoms with Crippen LogP contribution in [0.5, 0.6) is 5.75 Å². The Bertz CT molecular complexity index is 771. The van der Waals surface area contributed by atoms with E-state index in [4.69, 9.17) is 4.74 Å². The summed E-state index contributed by atoms with van der Waals surface area (Å²) in [6.45, 7) is 4.39. The monoisotopic (exact) mass is 338 g/mol. The maximum absolute atomic E-state index is 12.5. The van der Waals surface area contributed by atoms with Gasteiger partial charge in [-0.05, 0) is 44.5 Å².